The number of carbonyl (C=O) groups is 1. The smallest absolute Gasteiger partial charge is 0.316 e. The van der Waals surface area contributed by atoms with Crippen LogP contribution in [0.5, 0.6) is 0 Å². The number of aromatic nitrogens is 3. The van der Waals surface area contributed by atoms with E-state index in [-0.39, 0.29) is 11.7 Å². The van der Waals surface area contributed by atoms with Gasteiger partial charge in [0.15, 0.2) is 5.82 Å². The minimum atomic E-state index is -0.329. The first-order valence-corrected chi connectivity index (χ1v) is 6.57. The standard InChI is InChI=1S/C12H14N4O2S/c1-8-3-5-9(6-4-8)11-14-15-12(16(11)13)19-7-10(17)18-2/h3-6H,7,13H2,1-2H3. The normalized spacial score (nSPS) is 10.4. The van der Waals surface area contributed by atoms with Crippen molar-refractivity contribution >= 4 is 17.7 Å². The number of carbonyl (C=O) groups excluding carboxylic acids is 1. The predicted molar refractivity (Wildman–Crippen MR) is 73.1 cm³/mol. The molecule has 0 saturated carbocycles. The Morgan fingerprint density at radius 3 is 2.68 bits per heavy atom. The van der Waals surface area contributed by atoms with Crippen molar-refractivity contribution in [3.63, 3.8) is 0 Å². The minimum Gasteiger partial charge on any atom is -0.468 e. The molecule has 0 fully saturated rings. The van der Waals surface area contributed by atoms with E-state index in [9.17, 15) is 4.79 Å². The van der Waals surface area contributed by atoms with Crippen LogP contribution in [0, 0.1) is 6.92 Å². The number of rotatable bonds is 4. The highest BCUT2D eigenvalue weighted by molar-refractivity contribution is 7.99. The number of aryl methyl sites for hydroxylation is 1. The molecule has 7 heteroatoms. The first-order chi connectivity index (χ1) is 9.11. The summed E-state index contributed by atoms with van der Waals surface area (Å²) in [6, 6.07) is 7.81. The van der Waals surface area contributed by atoms with E-state index in [2.05, 4.69) is 14.9 Å². The van der Waals surface area contributed by atoms with Crippen LogP contribution in [-0.4, -0.2) is 33.7 Å². The number of esters is 1. The lowest BCUT2D eigenvalue weighted by Gasteiger charge is -2.03. The molecular weight excluding hydrogens is 264 g/mol. The third-order valence-corrected chi connectivity index (χ3v) is 3.44. The molecule has 0 atom stereocenters. The summed E-state index contributed by atoms with van der Waals surface area (Å²) < 4.78 is 5.93. The largest absolute Gasteiger partial charge is 0.468 e. The summed E-state index contributed by atoms with van der Waals surface area (Å²) in [5.74, 6) is 6.31. The fourth-order valence-electron chi connectivity index (χ4n) is 1.46. The van der Waals surface area contributed by atoms with Gasteiger partial charge >= 0.3 is 5.97 Å². The number of benzene rings is 1. The van der Waals surface area contributed by atoms with E-state index in [1.54, 1.807) is 0 Å². The quantitative estimate of drug-likeness (QED) is 0.514. The molecule has 19 heavy (non-hydrogen) atoms. The molecule has 0 spiro atoms. The SMILES string of the molecule is COC(=O)CSc1nnc(-c2ccc(C)cc2)n1N. The van der Waals surface area contributed by atoms with Crippen LogP contribution in [0.25, 0.3) is 11.4 Å². The van der Waals surface area contributed by atoms with Crippen molar-refractivity contribution in [2.45, 2.75) is 12.1 Å². The van der Waals surface area contributed by atoms with Gasteiger partial charge in [0.1, 0.15) is 0 Å². The van der Waals surface area contributed by atoms with Gasteiger partial charge in [-0.15, -0.1) is 10.2 Å². The molecule has 0 aliphatic carbocycles. The molecule has 6 nitrogen and oxygen atoms in total. The zero-order valence-corrected chi connectivity index (χ0v) is 11.5. The molecule has 0 amide bonds. The van der Waals surface area contributed by atoms with Crippen molar-refractivity contribution in [3.8, 4) is 11.4 Å². The van der Waals surface area contributed by atoms with Crippen LogP contribution in [0.15, 0.2) is 29.4 Å². The fraction of sp³-hybridized carbons (Fsp3) is 0.250. The van der Waals surface area contributed by atoms with Gasteiger partial charge < -0.3 is 10.6 Å². The highest BCUT2D eigenvalue weighted by Crippen LogP contribution is 2.21. The number of nitrogen functional groups attached to an aromatic ring is 1. The van der Waals surface area contributed by atoms with E-state index in [0.29, 0.717) is 11.0 Å². The van der Waals surface area contributed by atoms with Gasteiger partial charge in [-0.05, 0) is 6.92 Å². The molecule has 2 rings (SSSR count). The van der Waals surface area contributed by atoms with Crippen LogP contribution in [0.3, 0.4) is 0 Å². The maximum atomic E-state index is 11.1. The Morgan fingerprint density at radius 2 is 2.05 bits per heavy atom. The maximum Gasteiger partial charge on any atom is 0.316 e. The molecule has 1 heterocycles. The Morgan fingerprint density at radius 1 is 1.37 bits per heavy atom. The first-order valence-electron chi connectivity index (χ1n) is 5.59. The molecule has 0 saturated heterocycles. The van der Waals surface area contributed by atoms with Crippen molar-refractivity contribution in [2.75, 3.05) is 18.7 Å². The second-order valence-corrected chi connectivity index (χ2v) is 4.85. The van der Waals surface area contributed by atoms with Crippen LogP contribution in [0.1, 0.15) is 5.56 Å². The summed E-state index contributed by atoms with van der Waals surface area (Å²) >= 11 is 1.19. The Kier molecular flexibility index (Phi) is 4.06. The molecule has 2 aromatic rings. The highest BCUT2D eigenvalue weighted by atomic mass is 32.2. The molecule has 1 aromatic carbocycles. The molecule has 1 aromatic heterocycles. The van der Waals surface area contributed by atoms with Gasteiger partial charge in [-0.2, -0.15) is 0 Å². The zero-order chi connectivity index (χ0) is 13.8. The van der Waals surface area contributed by atoms with Gasteiger partial charge in [0.25, 0.3) is 0 Å². The minimum absolute atomic E-state index is 0.153. The van der Waals surface area contributed by atoms with Gasteiger partial charge in [0, 0.05) is 5.56 Å². The zero-order valence-electron chi connectivity index (χ0n) is 10.7. The van der Waals surface area contributed by atoms with Gasteiger partial charge in [-0.25, -0.2) is 4.68 Å². The van der Waals surface area contributed by atoms with Crippen molar-refractivity contribution in [2.24, 2.45) is 0 Å². The molecule has 100 valence electrons. The maximum absolute atomic E-state index is 11.1. The monoisotopic (exact) mass is 278 g/mol. The van der Waals surface area contributed by atoms with Gasteiger partial charge in [-0.1, -0.05) is 41.6 Å². The van der Waals surface area contributed by atoms with Gasteiger partial charge in [0.2, 0.25) is 5.16 Å². The number of methoxy groups -OCH3 is 1. The van der Waals surface area contributed by atoms with Crippen LogP contribution >= 0.6 is 11.8 Å². The Bertz CT molecular complexity index is 580. The lowest BCUT2D eigenvalue weighted by Crippen LogP contribution is -2.13. The summed E-state index contributed by atoms with van der Waals surface area (Å²) in [5, 5.41) is 8.47. The molecule has 0 bridgehead atoms. The third kappa shape index (κ3) is 3.05. The highest BCUT2D eigenvalue weighted by Gasteiger charge is 2.13. The lowest BCUT2D eigenvalue weighted by molar-refractivity contribution is -0.137. The molecule has 0 radical (unpaired) electrons. The summed E-state index contributed by atoms with van der Waals surface area (Å²) in [6.45, 7) is 2.01. The first kappa shape index (κ1) is 13.4. The van der Waals surface area contributed by atoms with Gasteiger partial charge in [-0.3, -0.25) is 4.79 Å². The number of ether oxygens (including phenoxy) is 1. The van der Waals surface area contributed by atoms with E-state index in [0.717, 1.165) is 11.1 Å². The van der Waals surface area contributed by atoms with Crippen LogP contribution < -0.4 is 5.84 Å². The van der Waals surface area contributed by atoms with Crippen molar-refractivity contribution in [1.82, 2.24) is 14.9 Å². The number of nitrogens with two attached hydrogens (primary N) is 1. The average molecular weight is 278 g/mol. The molecule has 0 aliphatic rings. The number of hydrogen-bond donors (Lipinski definition) is 1. The summed E-state index contributed by atoms with van der Waals surface area (Å²) in [7, 11) is 1.34. The van der Waals surface area contributed by atoms with Gasteiger partial charge in [0.05, 0.1) is 12.9 Å². The molecule has 2 N–H and O–H groups in total. The Balaban J connectivity index is 2.18. The van der Waals surface area contributed by atoms with E-state index < -0.39 is 0 Å². The fourth-order valence-corrected chi connectivity index (χ4v) is 2.15. The van der Waals surface area contributed by atoms with E-state index in [1.807, 2.05) is 31.2 Å². The van der Waals surface area contributed by atoms with Crippen LogP contribution in [0.2, 0.25) is 0 Å². The van der Waals surface area contributed by atoms with Crippen molar-refractivity contribution in [3.05, 3.63) is 29.8 Å². The van der Waals surface area contributed by atoms with Crippen molar-refractivity contribution < 1.29 is 9.53 Å². The molecule has 0 aliphatic heterocycles. The van der Waals surface area contributed by atoms with Crippen molar-refractivity contribution in [1.29, 1.82) is 0 Å². The van der Waals surface area contributed by atoms with Crippen LogP contribution in [0.4, 0.5) is 0 Å². The lowest BCUT2D eigenvalue weighted by atomic mass is 10.1. The number of nitrogens with zero attached hydrogens (tertiary/aromatic N) is 3. The van der Waals surface area contributed by atoms with E-state index in [1.165, 1.54) is 23.5 Å². The van der Waals surface area contributed by atoms with E-state index >= 15 is 0 Å². The number of hydrogen-bond acceptors (Lipinski definition) is 6. The Labute approximate surface area is 114 Å². The summed E-state index contributed by atoms with van der Waals surface area (Å²) in [6.07, 6.45) is 0. The molecule has 0 unspecified atom stereocenters. The third-order valence-electron chi connectivity index (χ3n) is 2.52. The predicted octanol–water partition coefficient (Wildman–Crippen LogP) is 1.23. The Hall–Kier alpha value is -2.02. The van der Waals surface area contributed by atoms with Crippen LogP contribution in [-0.2, 0) is 9.53 Å². The number of thioether (sulfide) groups is 1. The topological polar surface area (TPSA) is 83.0 Å². The summed E-state index contributed by atoms with van der Waals surface area (Å²) in [5.41, 5.74) is 2.04. The second kappa shape index (κ2) is 5.75. The summed E-state index contributed by atoms with van der Waals surface area (Å²) in [4.78, 5) is 11.1. The second-order valence-electron chi connectivity index (χ2n) is 3.91. The average Bonchev–Trinajstić information content (AvgIpc) is 2.78. The van der Waals surface area contributed by atoms with E-state index in [4.69, 9.17) is 5.84 Å². The molecular formula is C12H14N4O2S.